The second kappa shape index (κ2) is 15.1. The first-order valence-corrected chi connectivity index (χ1v) is 21.1. The quantitative estimate of drug-likeness (QED) is 0.151. The minimum Gasteiger partial charge on any atom is -0.311 e. The zero-order valence-electron chi connectivity index (χ0n) is 42.0. The summed E-state index contributed by atoms with van der Waals surface area (Å²) < 4.78 is 75.5. The Morgan fingerprint density at radius 2 is 0.587 bits per heavy atom. The number of hydrogen-bond donors (Lipinski definition) is 0. The first-order valence-electron chi connectivity index (χ1n) is 25.1. The Morgan fingerprint density at radius 1 is 0.254 bits per heavy atom. The van der Waals surface area contributed by atoms with E-state index in [1.807, 2.05) is 102 Å². The number of anilines is 6. The zero-order chi connectivity index (χ0) is 48.7. The molecular weight excluding hydrogens is 761 g/mol. The van der Waals surface area contributed by atoms with Gasteiger partial charge in [0.25, 0.3) is 0 Å². The Hall–Kier alpha value is -8.20. The van der Waals surface area contributed by atoms with Crippen molar-refractivity contribution in [3.63, 3.8) is 0 Å². The van der Waals surface area contributed by atoms with Gasteiger partial charge in [0.15, 0.2) is 0 Å². The van der Waals surface area contributed by atoms with Crippen LogP contribution < -0.4 is 9.80 Å². The Balaban J connectivity index is 0.970. The summed E-state index contributed by atoms with van der Waals surface area (Å²) >= 11 is 0. The Labute approximate surface area is 380 Å². The number of rotatable bonds is 8. The van der Waals surface area contributed by atoms with Gasteiger partial charge in [-0.25, -0.2) is 0 Å². The lowest BCUT2D eigenvalue weighted by Gasteiger charge is -2.32. The molecule has 0 atom stereocenters. The molecule has 0 aromatic heterocycles. The number of nitrogens with zero attached hydrogens (tertiary/aromatic N) is 2. The molecule has 1 spiro atoms. The van der Waals surface area contributed by atoms with Crippen molar-refractivity contribution < 1.29 is 11.0 Å². The Kier molecular flexibility index (Phi) is 6.96. The van der Waals surface area contributed by atoms with Gasteiger partial charge in [-0.3, -0.25) is 0 Å². The first-order chi connectivity index (χ1) is 34.6. The average molecular weight is 811 g/mol. The maximum absolute atomic E-state index is 9.70. The summed E-state index contributed by atoms with van der Waals surface area (Å²) in [6, 6.07) is 65.0. The van der Waals surface area contributed by atoms with E-state index in [1.165, 1.54) is 27.8 Å². The van der Waals surface area contributed by atoms with E-state index in [4.69, 9.17) is 0 Å². The number of fused-ring (bicyclic) bond motifs is 10. The standard InChI is InChI=1S/C61H42N2/c1-4-16-47(17-5-1)62(48-18-6-2-7-19-48)50-36-32-45(33-37-50)43-28-30-44(31-29-43)46-34-38-51(39-35-46)63(49-20-8-3-9-21-49)52-40-41-56-55-24-12-15-27-59(55)61(60(56)42-52)57-25-13-10-22-53(57)54-23-11-14-26-58(54)61/h1-42H/i32D,33D,34D,35D,36D,37D,38D,39D. The third kappa shape index (κ3) is 5.95. The van der Waals surface area contributed by atoms with Gasteiger partial charge < -0.3 is 9.80 Å². The summed E-state index contributed by atoms with van der Waals surface area (Å²) in [7, 11) is 0. The summed E-state index contributed by atoms with van der Waals surface area (Å²) in [6.45, 7) is 0. The van der Waals surface area contributed by atoms with E-state index in [2.05, 4.69) is 84.9 Å². The number of hydrogen-bond acceptors (Lipinski definition) is 2. The smallest absolute Gasteiger partial charge is 0.0726 e. The fraction of sp³-hybridized carbons (Fsp3) is 0.0164. The van der Waals surface area contributed by atoms with Crippen molar-refractivity contribution in [2.75, 3.05) is 9.80 Å². The highest BCUT2D eigenvalue weighted by atomic mass is 15.1. The molecular formula is C61H42N2. The van der Waals surface area contributed by atoms with Crippen LogP contribution in [0.5, 0.6) is 0 Å². The predicted molar refractivity (Wildman–Crippen MR) is 263 cm³/mol. The summed E-state index contributed by atoms with van der Waals surface area (Å²) in [6.07, 6.45) is 0. The van der Waals surface area contributed by atoms with Crippen LogP contribution in [0.25, 0.3) is 44.5 Å². The molecule has 10 aromatic rings. The third-order valence-electron chi connectivity index (χ3n) is 12.4. The number of para-hydroxylation sites is 3. The molecule has 0 N–H and O–H groups in total. The van der Waals surface area contributed by atoms with E-state index in [0.717, 1.165) is 16.7 Å². The molecule has 12 rings (SSSR count). The number of benzene rings is 10. The minimum absolute atomic E-state index is 0.0992. The van der Waals surface area contributed by atoms with E-state index < -0.39 is 5.41 Å². The van der Waals surface area contributed by atoms with Crippen LogP contribution in [0.3, 0.4) is 0 Å². The molecule has 2 aliphatic carbocycles. The van der Waals surface area contributed by atoms with E-state index in [-0.39, 0.29) is 70.8 Å². The van der Waals surface area contributed by atoms with Crippen LogP contribution in [-0.4, -0.2) is 0 Å². The van der Waals surface area contributed by atoms with Crippen LogP contribution in [0.2, 0.25) is 0 Å². The van der Waals surface area contributed by atoms with Crippen LogP contribution >= 0.6 is 0 Å². The second-order valence-electron chi connectivity index (χ2n) is 15.8. The maximum Gasteiger partial charge on any atom is 0.0726 e. The van der Waals surface area contributed by atoms with E-state index in [1.54, 1.807) is 29.2 Å². The highest BCUT2D eigenvalue weighted by Gasteiger charge is 2.51. The predicted octanol–water partition coefficient (Wildman–Crippen LogP) is 16.3. The molecule has 0 bridgehead atoms. The lowest BCUT2D eigenvalue weighted by Crippen LogP contribution is -2.26. The molecule has 0 fully saturated rings. The van der Waals surface area contributed by atoms with Crippen LogP contribution in [0.15, 0.2) is 255 Å². The van der Waals surface area contributed by atoms with Gasteiger partial charge in [0.1, 0.15) is 0 Å². The van der Waals surface area contributed by atoms with Crippen LogP contribution in [0.4, 0.5) is 34.1 Å². The van der Waals surface area contributed by atoms with E-state index in [0.29, 0.717) is 33.9 Å². The van der Waals surface area contributed by atoms with Gasteiger partial charge in [0.2, 0.25) is 0 Å². The van der Waals surface area contributed by atoms with Crippen molar-refractivity contribution in [1.82, 2.24) is 0 Å². The minimum atomic E-state index is -0.638. The van der Waals surface area contributed by atoms with Crippen LogP contribution in [-0.2, 0) is 5.41 Å². The van der Waals surface area contributed by atoms with Crippen molar-refractivity contribution in [3.8, 4) is 44.5 Å². The maximum atomic E-state index is 9.70. The largest absolute Gasteiger partial charge is 0.311 e. The fourth-order valence-electron chi connectivity index (χ4n) is 9.70. The van der Waals surface area contributed by atoms with Crippen molar-refractivity contribution in [2.24, 2.45) is 0 Å². The molecule has 63 heavy (non-hydrogen) atoms. The molecule has 0 amide bonds. The van der Waals surface area contributed by atoms with Gasteiger partial charge >= 0.3 is 0 Å². The summed E-state index contributed by atoms with van der Waals surface area (Å²) in [5.74, 6) is 0. The third-order valence-corrected chi connectivity index (χ3v) is 12.4. The molecule has 296 valence electrons. The highest BCUT2D eigenvalue weighted by Crippen LogP contribution is 2.63. The van der Waals surface area contributed by atoms with Crippen molar-refractivity contribution in [1.29, 1.82) is 0 Å². The van der Waals surface area contributed by atoms with Gasteiger partial charge in [-0.1, -0.05) is 182 Å². The second-order valence-corrected chi connectivity index (χ2v) is 15.8. The van der Waals surface area contributed by atoms with Crippen LogP contribution in [0.1, 0.15) is 33.2 Å². The molecule has 2 aliphatic rings. The lowest BCUT2D eigenvalue weighted by atomic mass is 9.70. The Morgan fingerprint density at radius 3 is 0.984 bits per heavy atom. The molecule has 0 saturated heterocycles. The SMILES string of the molecule is [2H]c1c([2H])c(N(c2ccccc2)c2ccccc2)c([2H])c([2H])c1-c1ccc(-c2c([2H])c([2H])c(N(c3ccccc3)c3ccc4c(c3)C3(c5ccccc5-c5ccccc53)c3ccccc3-4)c([2H])c2[2H])cc1. The first kappa shape index (κ1) is 29.1. The van der Waals surface area contributed by atoms with Gasteiger partial charge in [0.05, 0.1) is 16.4 Å². The molecule has 0 radical (unpaired) electrons. The van der Waals surface area contributed by atoms with Gasteiger partial charge in [-0.05, 0) is 139 Å². The van der Waals surface area contributed by atoms with Crippen LogP contribution in [0, 0.1) is 0 Å². The van der Waals surface area contributed by atoms with Crippen molar-refractivity contribution in [3.05, 3.63) is 277 Å². The topological polar surface area (TPSA) is 6.48 Å². The van der Waals surface area contributed by atoms with E-state index in [9.17, 15) is 11.0 Å². The molecule has 2 nitrogen and oxygen atoms in total. The summed E-state index contributed by atoms with van der Waals surface area (Å²) in [4.78, 5) is 3.56. The van der Waals surface area contributed by atoms with Gasteiger partial charge in [-0.2, -0.15) is 0 Å². The van der Waals surface area contributed by atoms with Gasteiger partial charge in [0, 0.05) is 34.1 Å². The van der Waals surface area contributed by atoms with Gasteiger partial charge in [-0.15, -0.1) is 0 Å². The lowest BCUT2D eigenvalue weighted by molar-refractivity contribution is 0.793. The van der Waals surface area contributed by atoms with Crippen molar-refractivity contribution >= 4 is 34.1 Å². The van der Waals surface area contributed by atoms with Crippen molar-refractivity contribution in [2.45, 2.75) is 5.41 Å². The molecule has 0 aliphatic heterocycles. The average Bonchev–Trinajstić information content (AvgIpc) is 3.88. The Bertz CT molecular complexity index is 3590. The normalized spacial score (nSPS) is 14.3. The zero-order valence-corrected chi connectivity index (χ0v) is 34.0. The molecule has 10 aromatic carbocycles. The fourth-order valence-corrected chi connectivity index (χ4v) is 9.70. The van der Waals surface area contributed by atoms with E-state index >= 15 is 0 Å². The molecule has 0 saturated carbocycles. The monoisotopic (exact) mass is 810 g/mol. The molecule has 2 heteroatoms. The molecule has 0 unspecified atom stereocenters. The summed E-state index contributed by atoms with van der Waals surface area (Å²) in [5, 5.41) is 0. The molecule has 0 heterocycles. The highest BCUT2D eigenvalue weighted by molar-refractivity contribution is 5.96. The summed E-state index contributed by atoms with van der Waals surface area (Å²) in [5.41, 5.74) is 12.5.